The number of hydrogen-bond acceptors (Lipinski definition) is 5. The van der Waals surface area contributed by atoms with Crippen LogP contribution in [0.5, 0.6) is 5.75 Å². The Balaban J connectivity index is 2.30. The normalized spacial score (nSPS) is 11.4. The Bertz CT molecular complexity index is 687. The van der Waals surface area contributed by atoms with Crippen LogP contribution in [0.15, 0.2) is 24.3 Å². The van der Waals surface area contributed by atoms with Gasteiger partial charge in [-0.3, -0.25) is 4.48 Å². The zero-order valence-electron chi connectivity index (χ0n) is 15.0. The molecular weight excluding hydrogens is 324 g/mol. The number of ether oxygens (including phenoxy) is 2. The fourth-order valence-electron chi connectivity index (χ4n) is 2.17. The average molecular weight is 349 g/mol. The Kier molecular flexibility index (Phi) is 5.96. The summed E-state index contributed by atoms with van der Waals surface area (Å²) in [6.45, 7) is 4.77. The summed E-state index contributed by atoms with van der Waals surface area (Å²) in [5.41, 5.74) is 1.85. The lowest BCUT2D eigenvalue weighted by Crippen LogP contribution is -2.34. The second-order valence-corrected chi connectivity index (χ2v) is 7.24. The van der Waals surface area contributed by atoms with E-state index in [1.165, 1.54) is 11.3 Å². The predicted octanol–water partition coefficient (Wildman–Crippen LogP) is 3.51. The van der Waals surface area contributed by atoms with Crippen LogP contribution in [0.2, 0.25) is 0 Å². The predicted molar refractivity (Wildman–Crippen MR) is 98.1 cm³/mol. The minimum atomic E-state index is -0.296. The first kappa shape index (κ1) is 18.4. The lowest BCUT2D eigenvalue weighted by molar-refractivity contribution is 0.0530. The summed E-state index contributed by atoms with van der Waals surface area (Å²) in [6, 6.07) is 7.89. The van der Waals surface area contributed by atoms with Gasteiger partial charge in [-0.1, -0.05) is 12.1 Å². The van der Waals surface area contributed by atoms with Crippen LogP contribution in [-0.2, 0) is 11.2 Å². The molecule has 6 heteroatoms. The quantitative estimate of drug-likeness (QED) is 0.567. The maximum Gasteiger partial charge on any atom is 0.350 e. The second-order valence-electron chi connectivity index (χ2n) is 6.26. The molecule has 1 aromatic heterocycles. The molecule has 0 saturated heterocycles. The molecule has 2 rings (SSSR count). The summed E-state index contributed by atoms with van der Waals surface area (Å²) < 4.78 is 11.2. The standard InChI is InChI=1S/C18H25N2O3S/c1-6-22-14-10-8-13(9-11-14)12-15-16(17(21)23-7-2)24-18(19-15)20(3,4)5/h8-11H,6-7,12H2,1-5H3/q+1. The third-order valence-corrected chi connectivity index (χ3v) is 4.75. The van der Waals surface area contributed by atoms with Crippen LogP contribution in [0.4, 0.5) is 5.13 Å². The van der Waals surface area contributed by atoms with E-state index in [1.807, 2.05) is 59.3 Å². The topological polar surface area (TPSA) is 48.4 Å². The van der Waals surface area contributed by atoms with Crippen LogP contribution >= 0.6 is 11.3 Å². The molecule has 5 nitrogen and oxygen atoms in total. The Labute approximate surface area is 147 Å². The van der Waals surface area contributed by atoms with Crippen molar-refractivity contribution in [1.29, 1.82) is 0 Å². The number of carbonyl (C=O) groups is 1. The summed E-state index contributed by atoms with van der Waals surface area (Å²) in [5.74, 6) is 0.549. The van der Waals surface area contributed by atoms with Gasteiger partial charge in [-0.2, -0.15) is 4.98 Å². The first-order valence-electron chi connectivity index (χ1n) is 8.05. The van der Waals surface area contributed by atoms with Gasteiger partial charge in [-0.25, -0.2) is 4.79 Å². The van der Waals surface area contributed by atoms with Crippen molar-refractivity contribution in [2.75, 3.05) is 34.4 Å². The molecule has 1 heterocycles. The first-order valence-corrected chi connectivity index (χ1v) is 8.87. The Morgan fingerprint density at radius 3 is 2.33 bits per heavy atom. The SMILES string of the molecule is CCOC(=O)c1sc([N+](C)(C)C)nc1Cc1ccc(OCC)cc1. The molecule has 0 radical (unpaired) electrons. The lowest BCUT2D eigenvalue weighted by atomic mass is 10.1. The van der Waals surface area contributed by atoms with E-state index >= 15 is 0 Å². The number of nitrogens with zero attached hydrogens (tertiary/aromatic N) is 2. The van der Waals surface area contributed by atoms with Crippen molar-refractivity contribution in [2.45, 2.75) is 20.3 Å². The highest BCUT2D eigenvalue weighted by molar-refractivity contribution is 7.17. The molecule has 2 aromatic rings. The summed E-state index contributed by atoms with van der Waals surface area (Å²) in [6.07, 6.45) is 0.594. The highest BCUT2D eigenvalue weighted by Crippen LogP contribution is 2.30. The van der Waals surface area contributed by atoms with E-state index in [0.29, 0.717) is 29.0 Å². The molecular formula is C18H25N2O3S+. The number of aromatic nitrogens is 1. The maximum atomic E-state index is 12.3. The van der Waals surface area contributed by atoms with Crippen molar-refractivity contribution in [1.82, 2.24) is 9.47 Å². The van der Waals surface area contributed by atoms with Crippen LogP contribution in [0.25, 0.3) is 0 Å². The number of esters is 1. The Morgan fingerprint density at radius 1 is 1.12 bits per heavy atom. The zero-order chi connectivity index (χ0) is 17.7. The molecule has 0 spiro atoms. The molecule has 1 aromatic carbocycles. The largest absolute Gasteiger partial charge is 0.494 e. The molecule has 0 bridgehead atoms. The molecule has 130 valence electrons. The second kappa shape index (κ2) is 7.77. The van der Waals surface area contributed by atoms with Crippen LogP contribution in [0, 0.1) is 0 Å². The minimum absolute atomic E-state index is 0.296. The van der Waals surface area contributed by atoms with Gasteiger partial charge >= 0.3 is 5.97 Å². The van der Waals surface area contributed by atoms with Crippen molar-refractivity contribution in [3.8, 4) is 5.75 Å². The molecule has 0 aliphatic heterocycles. The fraction of sp³-hybridized carbons (Fsp3) is 0.444. The summed E-state index contributed by atoms with van der Waals surface area (Å²) in [4.78, 5) is 17.5. The van der Waals surface area contributed by atoms with Gasteiger partial charge in [0, 0.05) is 6.42 Å². The van der Waals surface area contributed by atoms with Gasteiger partial charge < -0.3 is 9.47 Å². The third kappa shape index (κ3) is 4.55. The Hall–Kier alpha value is -1.92. The highest BCUT2D eigenvalue weighted by Gasteiger charge is 2.26. The van der Waals surface area contributed by atoms with Gasteiger partial charge in [0.05, 0.1) is 40.1 Å². The maximum absolute atomic E-state index is 12.3. The Morgan fingerprint density at radius 2 is 1.79 bits per heavy atom. The van der Waals surface area contributed by atoms with Crippen molar-refractivity contribution in [2.24, 2.45) is 0 Å². The molecule has 0 aliphatic carbocycles. The molecule has 0 N–H and O–H groups in total. The number of rotatable bonds is 7. The molecule has 0 aliphatic rings. The smallest absolute Gasteiger partial charge is 0.350 e. The molecule has 0 fully saturated rings. The number of hydrogen-bond donors (Lipinski definition) is 0. The molecule has 0 atom stereocenters. The van der Waals surface area contributed by atoms with Gasteiger partial charge in [0.15, 0.2) is 0 Å². The number of carbonyl (C=O) groups excluding carboxylic acids is 1. The number of benzene rings is 1. The highest BCUT2D eigenvalue weighted by atomic mass is 32.1. The van der Waals surface area contributed by atoms with Gasteiger partial charge in [0.2, 0.25) is 0 Å². The van der Waals surface area contributed by atoms with Crippen LogP contribution in [-0.4, -0.2) is 45.3 Å². The average Bonchev–Trinajstić information content (AvgIpc) is 2.94. The zero-order valence-corrected chi connectivity index (χ0v) is 15.8. The van der Waals surface area contributed by atoms with E-state index < -0.39 is 0 Å². The van der Waals surface area contributed by atoms with Gasteiger partial charge in [-0.15, -0.1) is 0 Å². The van der Waals surface area contributed by atoms with E-state index in [0.717, 1.165) is 22.1 Å². The molecule has 24 heavy (non-hydrogen) atoms. The summed E-state index contributed by atoms with van der Waals surface area (Å²) in [7, 11) is 6.11. The van der Waals surface area contributed by atoms with E-state index in [2.05, 4.69) is 0 Å². The summed E-state index contributed by atoms with van der Waals surface area (Å²) >= 11 is 1.41. The monoisotopic (exact) mass is 349 g/mol. The van der Waals surface area contributed by atoms with Crippen molar-refractivity contribution >= 4 is 22.4 Å². The van der Waals surface area contributed by atoms with Gasteiger partial charge in [0.25, 0.3) is 5.13 Å². The number of quaternary nitrogens is 1. The van der Waals surface area contributed by atoms with Gasteiger partial charge in [-0.05, 0) is 42.9 Å². The van der Waals surface area contributed by atoms with E-state index in [4.69, 9.17) is 14.5 Å². The van der Waals surface area contributed by atoms with E-state index in [1.54, 1.807) is 0 Å². The van der Waals surface area contributed by atoms with Crippen molar-refractivity contribution in [3.05, 3.63) is 40.4 Å². The summed E-state index contributed by atoms with van der Waals surface area (Å²) in [5, 5.41) is 0.888. The van der Waals surface area contributed by atoms with Gasteiger partial charge in [0.1, 0.15) is 10.6 Å². The van der Waals surface area contributed by atoms with Crippen LogP contribution in [0.3, 0.4) is 0 Å². The van der Waals surface area contributed by atoms with Crippen molar-refractivity contribution in [3.63, 3.8) is 0 Å². The minimum Gasteiger partial charge on any atom is -0.494 e. The molecule has 0 saturated carbocycles. The lowest BCUT2D eigenvalue weighted by Gasteiger charge is -2.18. The molecule has 0 amide bonds. The van der Waals surface area contributed by atoms with Crippen molar-refractivity contribution < 1.29 is 14.3 Å². The van der Waals surface area contributed by atoms with E-state index in [9.17, 15) is 4.79 Å². The molecule has 0 unspecified atom stereocenters. The van der Waals surface area contributed by atoms with Crippen LogP contribution < -0.4 is 9.22 Å². The number of thiazole rings is 1. The first-order chi connectivity index (χ1) is 11.3. The van der Waals surface area contributed by atoms with Crippen LogP contribution in [0.1, 0.15) is 34.8 Å². The van der Waals surface area contributed by atoms with E-state index in [-0.39, 0.29) is 5.97 Å². The third-order valence-electron chi connectivity index (χ3n) is 3.33. The fourth-order valence-corrected chi connectivity index (χ4v) is 3.16.